The first-order valence-corrected chi connectivity index (χ1v) is 10.3. The maximum Gasteiger partial charge on any atom is 0.433 e. The third-order valence-electron chi connectivity index (χ3n) is 5.32. The van der Waals surface area contributed by atoms with Crippen LogP contribution in [0.15, 0.2) is 36.5 Å². The highest BCUT2D eigenvalue weighted by Crippen LogP contribution is 2.32. The maximum absolute atomic E-state index is 12.9. The number of hydrogen-bond acceptors (Lipinski definition) is 6. The van der Waals surface area contributed by atoms with E-state index in [1.807, 2.05) is 16.9 Å². The lowest BCUT2D eigenvalue weighted by Crippen LogP contribution is -2.52. The number of methoxy groups -OCH3 is 1. The molecule has 1 aliphatic rings. The Morgan fingerprint density at radius 3 is 2.62 bits per heavy atom. The number of anilines is 1. The Hall–Kier alpha value is -2.85. The molecule has 0 amide bonds. The summed E-state index contributed by atoms with van der Waals surface area (Å²) in [6.07, 6.45) is -2.53. The number of alkyl halides is 3. The van der Waals surface area contributed by atoms with Gasteiger partial charge in [0.25, 0.3) is 0 Å². The van der Waals surface area contributed by atoms with Crippen molar-refractivity contribution in [2.75, 3.05) is 32.1 Å². The van der Waals surface area contributed by atoms with Crippen LogP contribution in [0.25, 0.3) is 10.9 Å². The van der Waals surface area contributed by atoms with Crippen molar-refractivity contribution in [2.45, 2.75) is 38.2 Å². The van der Waals surface area contributed by atoms with Gasteiger partial charge >= 0.3 is 6.18 Å². The smallest absolute Gasteiger partial charge is 0.433 e. The molecule has 1 aliphatic heterocycles. The molecule has 0 aliphatic carbocycles. The van der Waals surface area contributed by atoms with E-state index in [1.165, 1.54) is 13.2 Å². The summed E-state index contributed by atoms with van der Waals surface area (Å²) in [6, 6.07) is 7.74. The first-order chi connectivity index (χ1) is 15.0. The van der Waals surface area contributed by atoms with Crippen LogP contribution in [0, 0.1) is 0 Å². The molecule has 10 heteroatoms. The zero-order valence-electron chi connectivity index (χ0n) is 18.1. The van der Waals surface area contributed by atoms with E-state index < -0.39 is 17.5 Å². The topological polar surface area (TPSA) is 75.4 Å². The van der Waals surface area contributed by atoms with Crippen molar-refractivity contribution in [1.29, 1.82) is 0 Å². The molecule has 0 radical (unpaired) electrons. The van der Waals surface area contributed by atoms with Crippen molar-refractivity contribution in [1.82, 2.24) is 19.7 Å². The fraction of sp³-hybridized carbons (Fsp3) is 0.455. The van der Waals surface area contributed by atoms with Crippen molar-refractivity contribution in [3.63, 3.8) is 0 Å². The van der Waals surface area contributed by atoms with Gasteiger partial charge in [0.1, 0.15) is 11.4 Å². The van der Waals surface area contributed by atoms with Crippen LogP contribution in [-0.2, 0) is 12.7 Å². The molecule has 7 nitrogen and oxygen atoms in total. The third-order valence-corrected chi connectivity index (χ3v) is 5.32. The normalized spacial score (nSPS) is 15.7. The van der Waals surface area contributed by atoms with Gasteiger partial charge < -0.3 is 15.2 Å². The lowest BCUT2D eigenvalue weighted by Gasteiger charge is -2.41. The minimum Gasteiger partial charge on any atom is -0.495 e. The van der Waals surface area contributed by atoms with Crippen LogP contribution in [-0.4, -0.2) is 57.1 Å². The van der Waals surface area contributed by atoms with E-state index in [1.54, 1.807) is 26.0 Å². The van der Waals surface area contributed by atoms with Crippen LogP contribution in [0.3, 0.4) is 0 Å². The van der Waals surface area contributed by atoms with Crippen LogP contribution in [0.5, 0.6) is 5.75 Å². The van der Waals surface area contributed by atoms with Gasteiger partial charge in [-0.05, 0) is 32.0 Å². The summed E-state index contributed by atoms with van der Waals surface area (Å²) in [5, 5.41) is 18.6. The number of pyridine rings is 1. The lowest BCUT2D eigenvalue weighted by atomic mass is 10.0. The van der Waals surface area contributed by atoms with Crippen LogP contribution in [0.1, 0.15) is 31.3 Å². The number of fused-ring (bicyclic) bond motifs is 1. The SMILES string of the molecule is COc1cc2nn(C3CN(CC(C)(C)O)C3)cc2cc1NCc1cccc(C(F)(F)F)n1. The van der Waals surface area contributed by atoms with Crippen molar-refractivity contribution in [3.05, 3.63) is 47.9 Å². The Balaban J connectivity index is 1.48. The summed E-state index contributed by atoms with van der Waals surface area (Å²) in [4.78, 5) is 5.86. The Kier molecular flexibility index (Phi) is 5.76. The predicted octanol–water partition coefficient (Wildman–Crippen LogP) is 3.70. The first-order valence-electron chi connectivity index (χ1n) is 10.3. The summed E-state index contributed by atoms with van der Waals surface area (Å²) < 4.78 is 46.1. The standard InChI is InChI=1S/C22H26F3N5O2/c1-21(2,31)13-29-11-16(12-29)30-10-14-7-18(19(32-3)8-17(14)28-30)26-9-15-5-4-6-20(27-15)22(23,24)25/h4-8,10,16,26,31H,9,11-13H2,1-3H3. The molecule has 2 N–H and O–H groups in total. The second kappa shape index (κ2) is 8.25. The van der Waals surface area contributed by atoms with Crippen molar-refractivity contribution < 1.29 is 23.0 Å². The molecule has 3 heterocycles. The van der Waals surface area contributed by atoms with E-state index in [4.69, 9.17) is 4.74 Å². The van der Waals surface area contributed by atoms with Crippen LogP contribution < -0.4 is 10.1 Å². The van der Waals surface area contributed by atoms with Crippen LogP contribution in [0.4, 0.5) is 18.9 Å². The number of halogens is 3. The van der Waals surface area contributed by atoms with Crippen molar-refractivity contribution in [3.8, 4) is 5.75 Å². The highest BCUT2D eigenvalue weighted by Gasteiger charge is 2.33. The van der Waals surface area contributed by atoms with E-state index in [0.29, 0.717) is 18.0 Å². The van der Waals surface area contributed by atoms with Gasteiger partial charge in [-0.1, -0.05) is 6.07 Å². The fourth-order valence-electron chi connectivity index (χ4n) is 3.87. The number of ether oxygens (including phenoxy) is 1. The molecule has 172 valence electrons. The Labute approximate surface area is 183 Å². The molecule has 3 aromatic rings. The molecule has 0 unspecified atom stereocenters. The number of nitrogens with one attached hydrogen (secondary N) is 1. The number of hydrogen-bond donors (Lipinski definition) is 2. The summed E-state index contributed by atoms with van der Waals surface area (Å²) in [7, 11) is 1.53. The van der Waals surface area contributed by atoms with Gasteiger partial charge in [-0.15, -0.1) is 0 Å². The van der Waals surface area contributed by atoms with E-state index in [9.17, 15) is 18.3 Å². The maximum atomic E-state index is 12.9. The first kappa shape index (κ1) is 22.3. The number of aromatic nitrogens is 3. The van der Waals surface area contributed by atoms with Crippen LogP contribution in [0.2, 0.25) is 0 Å². The summed E-state index contributed by atoms with van der Waals surface area (Å²) in [6.45, 7) is 5.92. The minimum atomic E-state index is -4.48. The molecule has 2 aromatic heterocycles. The molecule has 32 heavy (non-hydrogen) atoms. The number of β-amino-alcohol motifs (C(OH)–C–C–N with tert-alkyl or cyclic N) is 1. The third kappa shape index (κ3) is 4.97. The second-order valence-electron chi connectivity index (χ2n) is 8.75. The van der Waals surface area contributed by atoms with Crippen LogP contribution >= 0.6 is 0 Å². The highest BCUT2D eigenvalue weighted by molar-refractivity contribution is 5.85. The average molecular weight is 449 g/mol. The van der Waals surface area contributed by atoms with Gasteiger partial charge in [0.05, 0.1) is 42.2 Å². The Morgan fingerprint density at radius 2 is 1.97 bits per heavy atom. The number of rotatable bonds is 7. The van der Waals surface area contributed by atoms with Gasteiger partial charge in [-0.2, -0.15) is 18.3 Å². The molecule has 0 atom stereocenters. The van der Waals surface area contributed by atoms with Crippen molar-refractivity contribution in [2.24, 2.45) is 0 Å². The molecule has 0 spiro atoms. The Morgan fingerprint density at radius 1 is 1.22 bits per heavy atom. The number of likely N-dealkylation sites (tertiary alicyclic amines) is 1. The largest absolute Gasteiger partial charge is 0.495 e. The molecule has 0 saturated carbocycles. The average Bonchev–Trinajstić information content (AvgIpc) is 3.09. The van der Waals surface area contributed by atoms with Gasteiger partial charge in [-0.25, -0.2) is 4.98 Å². The van der Waals surface area contributed by atoms with E-state index in [2.05, 4.69) is 20.3 Å². The second-order valence-corrected chi connectivity index (χ2v) is 8.75. The van der Waals surface area contributed by atoms with Gasteiger partial charge in [0.15, 0.2) is 0 Å². The predicted molar refractivity (Wildman–Crippen MR) is 115 cm³/mol. The number of benzene rings is 1. The quantitative estimate of drug-likeness (QED) is 0.573. The molecule has 1 aromatic carbocycles. The molecular formula is C22H26F3N5O2. The summed E-state index contributed by atoms with van der Waals surface area (Å²) in [5.41, 5.74) is 0.0441. The summed E-state index contributed by atoms with van der Waals surface area (Å²) >= 11 is 0. The van der Waals surface area contributed by atoms with E-state index >= 15 is 0 Å². The van der Waals surface area contributed by atoms with E-state index in [0.717, 1.165) is 30.1 Å². The highest BCUT2D eigenvalue weighted by atomic mass is 19.4. The van der Waals surface area contributed by atoms with Crippen molar-refractivity contribution >= 4 is 16.6 Å². The molecule has 1 saturated heterocycles. The summed E-state index contributed by atoms with van der Waals surface area (Å²) in [5.74, 6) is 0.548. The number of nitrogens with zero attached hydrogens (tertiary/aromatic N) is 4. The van der Waals surface area contributed by atoms with Gasteiger partial charge in [0, 0.05) is 37.3 Å². The molecule has 1 fully saturated rings. The number of aliphatic hydroxyl groups is 1. The molecule has 0 bridgehead atoms. The van der Waals surface area contributed by atoms with E-state index in [-0.39, 0.29) is 18.3 Å². The zero-order chi connectivity index (χ0) is 23.1. The Bertz CT molecular complexity index is 1100. The molecule has 4 rings (SSSR count). The molecular weight excluding hydrogens is 423 g/mol. The minimum absolute atomic E-state index is 0.119. The van der Waals surface area contributed by atoms with Gasteiger partial charge in [-0.3, -0.25) is 9.58 Å². The van der Waals surface area contributed by atoms with Gasteiger partial charge in [0.2, 0.25) is 0 Å². The lowest BCUT2D eigenvalue weighted by molar-refractivity contribution is -0.141. The fourth-order valence-corrected chi connectivity index (χ4v) is 3.87. The zero-order valence-corrected chi connectivity index (χ0v) is 18.1. The monoisotopic (exact) mass is 449 g/mol.